The molecule has 1 N–H and O–H groups in total. The number of hydrogen-bond donors (Lipinski definition) is 1. The molecule has 0 aromatic heterocycles. The Morgan fingerprint density at radius 1 is 1.19 bits per heavy atom. The van der Waals surface area contributed by atoms with E-state index in [9.17, 15) is 0 Å². The number of ether oxygens (including phenoxy) is 2. The van der Waals surface area contributed by atoms with Crippen molar-refractivity contribution in [3.8, 4) is 0 Å². The van der Waals surface area contributed by atoms with Gasteiger partial charge in [0.05, 0.1) is 25.9 Å². The monoisotopic (exact) mass is 219 g/mol. The summed E-state index contributed by atoms with van der Waals surface area (Å²) in [5, 5.41) is 3.44. The first-order valence-electron chi connectivity index (χ1n) is 5.97. The summed E-state index contributed by atoms with van der Waals surface area (Å²) < 4.78 is 11.3. The van der Waals surface area contributed by atoms with Gasteiger partial charge < -0.3 is 14.8 Å². The predicted octanol–water partition coefficient (Wildman–Crippen LogP) is 2.00. The molecule has 0 amide bonds. The van der Waals surface area contributed by atoms with Crippen molar-refractivity contribution in [2.24, 2.45) is 0 Å². The zero-order valence-corrected chi connectivity index (χ0v) is 9.32. The minimum absolute atomic E-state index is 0.233. The number of rotatable bonds is 1. The lowest BCUT2D eigenvalue weighted by Crippen LogP contribution is -2.36. The molecule has 16 heavy (non-hydrogen) atoms. The number of benzene rings is 1. The van der Waals surface area contributed by atoms with Crippen LogP contribution in [0, 0.1) is 0 Å². The normalized spacial score (nSPS) is 29.2. The van der Waals surface area contributed by atoms with Crippen LogP contribution < -0.4 is 5.32 Å². The lowest BCUT2D eigenvalue weighted by molar-refractivity contribution is -0.0989. The highest BCUT2D eigenvalue weighted by Gasteiger charge is 2.29. The summed E-state index contributed by atoms with van der Waals surface area (Å²) in [7, 11) is 0. The molecule has 0 bridgehead atoms. The van der Waals surface area contributed by atoms with Gasteiger partial charge >= 0.3 is 0 Å². The molecular weight excluding hydrogens is 202 g/mol. The highest BCUT2D eigenvalue weighted by molar-refractivity contribution is 5.55. The first kappa shape index (κ1) is 10.1. The van der Waals surface area contributed by atoms with Crippen molar-refractivity contribution in [2.75, 3.05) is 31.7 Å². The Bertz CT molecular complexity index is 361. The molecule has 0 radical (unpaired) electrons. The van der Waals surface area contributed by atoms with Crippen LogP contribution in [0.2, 0.25) is 0 Å². The molecule has 2 unspecified atom stereocenters. The quantitative estimate of drug-likeness (QED) is 0.783. The van der Waals surface area contributed by atoms with Crippen LogP contribution in [0.1, 0.15) is 17.9 Å². The molecule has 0 aliphatic carbocycles. The molecule has 1 fully saturated rings. The van der Waals surface area contributed by atoms with Gasteiger partial charge in [0.15, 0.2) is 0 Å². The summed E-state index contributed by atoms with van der Waals surface area (Å²) in [6, 6.07) is 8.52. The lowest BCUT2D eigenvalue weighted by Gasteiger charge is -2.34. The topological polar surface area (TPSA) is 30.5 Å². The molecule has 1 aromatic carbocycles. The Balaban J connectivity index is 1.86. The van der Waals surface area contributed by atoms with Gasteiger partial charge in [0, 0.05) is 18.2 Å². The van der Waals surface area contributed by atoms with E-state index >= 15 is 0 Å². The smallest absolute Gasteiger partial charge is 0.0879 e. The molecule has 2 aliphatic rings. The number of anilines is 1. The van der Waals surface area contributed by atoms with Crippen LogP contribution in [0.15, 0.2) is 24.3 Å². The van der Waals surface area contributed by atoms with E-state index in [1.165, 1.54) is 11.3 Å². The molecule has 1 saturated heterocycles. The second-order valence-corrected chi connectivity index (χ2v) is 4.39. The third-order valence-corrected chi connectivity index (χ3v) is 3.42. The van der Waals surface area contributed by atoms with E-state index in [4.69, 9.17) is 9.47 Å². The number of hydrogen-bond acceptors (Lipinski definition) is 3. The maximum atomic E-state index is 5.82. The summed E-state index contributed by atoms with van der Waals surface area (Å²) in [6.45, 7) is 3.24. The molecule has 2 aliphatic heterocycles. The minimum atomic E-state index is 0.233. The average molecular weight is 219 g/mol. The highest BCUT2D eigenvalue weighted by Crippen LogP contribution is 2.35. The van der Waals surface area contributed by atoms with Gasteiger partial charge in [-0.2, -0.15) is 0 Å². The van der Waals surface area contributed by atoms with E-state index in [1.54, 1.807) is 0 Å². The molecular formula is C13H17NO2. The first-order valence-corrected chi connectivity index (χ1v) is 5.97. The lowest BCUT2D eigenvalue weighted by atomic mass is 9.86. The maximum Gasteiger partial charge on any atom is 0.0879 e. The van der Waals surface area contributed by atoms with Crippen molar-refractivity contribution >= 4 is 5.69 Å². The van der Waals surface area contributed by atoms with Gasteiger partial charge in [-0.25, -0.2) is 0 Å². The fraction of sp³-hybridized carbons (Fsp3) is 0.538. The summed E-state index contributed by atoms with van der Waals surface area (Å²) in [4.78, 5) is 0. The summed E-state index contributed by atoms with van der Waals surface area (Å²) in [5.74, 6) is 0.484. The van der Waals surface area contributed by atoms with Crippen LogP contribution >= 0.6 is 0 Å². The Morgan fingerprint density at radius 2 is 2.12 bits per heavy atom. The first-order chi connectivity index (χ1) is 7.95. The predicted molar refractivity (Wildman–Crippen MR) is 62.8 cm³/mol. The third-order valence-electron chi connectivity index (χ3n) is 3.42. The summed E-state index contributed by atoms with van der Waals surface area (Å²) >= 11 is 0. The van der Waals surface area contributed by atoms with Crippen molar-refractivity contribution in [3.63, 3.8) is 0 Å². The van der Waals surface area contributed by atoms with Gasteiger partial charge in [-0.15, -0.1) is 0 Å². The second-order valence-electron chi connectivity index (χ2n) is 4.39. The van der Waals surface area contributed by atoms with Crippen molar-refractivity contribution in [1.82, 2.24) is 0 Å². The van der Waals surface area contributed by atoms with Crippen molar-refractivity contribution < 1.29 is 9.47 Å². The van der Waals surface area contributed by atoms with Crippen molar-refractivity contribution in [1.29, 1.82) is 0 Å². The van der Waals surface area contributed by atoms with E-state index in [-0.39, 0.29) is 6.10 Å². The van der Waals surface area contributed by atoms with Crippen molar-refractivity contribution in [2.45, 2.75) is 18.4 Å². The molecule has 0 spiro atoms. The fourth-order valence-corrected chi connectivity index (χ4v) is 2.62. The Morgan fingerprint density at radius 3 is 3.00 bits per heavy atom. The van der Waals surface area contributed by atoms with Crippen LogP contribution in [0.4, 0.5) is 5.69 Å². The molecule has 3 heteroatoms. The molecule has 86 valence electrons. The Labute approximate surface area is 95.8 Å². The third kappa shape index (κ3) is 1.81. The van der Waals surface area contributed by atoms with Gasteiger partial charge in [-0.3, -0.25) is 0 Å². The maximum absolute atomic E-state index is 5.82. The van der Waals surface area contributed by atoms with Gasteiger partial charge in [0.2, 0.25) is 0 Å². The van der Waals surface area contributed by atoms with Crippen LogP contribution in [0.25, 0.3) is 0 Å². The van der Waals surface area contributed by atoms with Gasteiger partial charge in [0.1, 0.15) is 0 Å². The van der Waals surface area contributed by atoms with Gasteiger partial charge in [0.25, 0.3) is 0 Å². The molecule has 2 atom stereocenters. The molecule has 3 rings (SSSR count). The highest BCUT2D eigenvalue weighted by atomic mass is 16.6. The van der Waals surface area contributed by atoms with Crippen LogP contribution in [0.3, 0.4) is 0 Å². The number of fused-ring (bicyclic) bond motifs is 1. The summed E-state index contributed by atoms with van der Waals surface area (Å²) in [5.41, 5.74) is 2.64. The average Bonchev–Trinajstić information content (AvgIpc) is 2.39. The molecule has 0 saturated carbocycles. The SMILES string of the molecule is c1ccc2c(c1)NCCC2C1COCCO1. The minimum Gasteiger partial charge on any atom is -0.385 e. The standard InChI is InChI=1S/C13H17NO2/c1-2-4-12-10(3-1)11(5-6-14-12)13-9-15-7-8-16-13/h1-4,11,13-14H,5-9H2. The zero-order valence-electron chi connectivity index (χ0n) is 9.32. The van der Waals surface area contributed by atoms with E-state index in [1.807, 2.05) is 0 Å². The van der Waals surface area contributed by atoms with E-state index < -0.39 is 0 Å². The zero-order chi connectivity index (χ0) is 10.8. The van der Waals surface area contributed by atoms with E-state index in [0.717, 1.165) is 32.8 Å². The van der Waals surface area contributed by atoms with Crippen LogP contribution in [-0.4, -0.2) is 32.5 Å². The van der Waals surface area contributed by atoms with Crippen LogP contribution in [0.5, 0.6) is 0 Å². The van der Waals surface area contributed by atoms with E-state index in [0.29, 0.717) is 5.92 Å². The molecule has 3 nitrogen and oxygen atoms in total. The second kappa shape index (κ2) is 4.44. The Kier molecular flexibility index (Phi) is 2.80. The Hall–Kier alpha value is -1.06. The van der Waals surface area contributed by atoms with Gasteiger partial charge in [-0.1, -0.05) is 18.2 Å². The van der Waals surface area contributed by atoms with Crippen LogP contribution in [-0.2, 0) is 9.47 Å². The summed E-state index contributed by atoms with van der Waals surface area (Å²) in [6.07, 6.45) is 1.36. The number of nitrogens with one attached hydrogen (secondary N) is 1. The van der Waals surface area contributed by atoms with E-state index in [2.05, 4.69) is 29.6 Å². The largest absolute Gasteiger partial charge is 0.385 e. The van der Waals surface area contributed by atoms with Gasteiger partial charge in [-0.05, 0) is 18.1 Å². The number of para-hydroxylation sites is 1. The fourth-order valence-electron chi connectivity index (χ4n) is 2.62. The molecule has 1 aromatic rings. The molecule has 2 heterocycles. The van der Waals surface area contributed by atoms with Crippen molar-refractivity contribution in [3.05, 3.63) is 29.8 Å².